The van der Waals surface area contributed by atoms with E-state index in [0.29, 0.717) is 49.6 Å². The highest BCUT2D eigenvalue weighted by Crippen LogP contribution is 2.30. The molecule has 1 fully saturated rings. The zero-order valence-electron chi connectivity index (χ0n) is 19.1. The van der Waals surface area contributed by atoms with Gasteiger partial charge in [0.2, 0.25) is 0 Å². The van der Waals surface area contributed by atoms with Crippen LogP contribution in [0.4, 0.5) is 13.2 Å². The van der Waals surface area contributed by atoms with E-state index in [2.05, 4.69) is 5.16 Å². The van der Waals surface area contributed by atoms with E-state index in [1.54, 1.807) is 17.9 Å². The Morgan fingerprint density at radius 2 is 1.79 bits per heavy atom. The molecule has 0 unspecified atom stereocenters. The number of amides is 1. The molecule has 3 aromatic rings. The molecule has 2 heterocycles. The van der Waals surface area contributed by atoms with Gasteiger partial charge in [-0.15, -0.1) is 0 Å². The summed E-state index contributed by atoms with van der Waals surface area (Å²) >= 11 is 0. The second kappa shape index (κ2) is 9.89. The van der Waals surface area contributed by atoms with Crippen molar-refractivity contribution in [3.8, 4) is 5.75 Å². The minimum atomic E-state index is -4.36. The molecule has 0 spiro atoms. The van der Waals surface area contributed by atoms with E-state index in [1.807, 2.05) is 36.1 Å². The molecule has 9 heteroatoms. The van der Waals surface area contributed by atoms with Crippen LogP contribution in [-0.4, -0.2) is 47.0 Å². The van der Waals surface area contributed by atoms with Crippen molar-refractivity contribution in [1.82, 2.24) is 15.0 Å². The third-order valence-corrected chi connectivity index (χ3v) is 5.97. The van der Waals surface area contributed by atoms with Crippen LogP contribution < -0.4 is 4.74 Å². The minimum Gasteiger partial charge on any atom is -0.488 e. The molecule has 4 rings (SSSR count). The Balaban J connectivity index is 1.36. The number of alkyl halides is 3. The van der Waals surface area contributed by atoms with Gasteiger partial charge in [0.15, 0.2) is 5.69 Å². The topological polar surface area (TPSA) is 58.8 Å². The van der Waals surface area contributed by atoms with Gasteiger partial charge in [-0.25, -0.2) is 0 Å². The molecule has 0 aliphatic carbocycles. The molecule has 1 aliphatic heterocycles. The van der Waals surface area contributed by atoms with Gasteiger partial charge in [-0.3, -0.25) is 9.69 Å². The van der Waals surface area contributed by atoms with Crippen LogP contribution in [0.2, 0.25) is 0 Å². The van der Waals surface area contributed by atoms with Crippen LogP contribution in [-0.2, 0) is 19.3 Å². The predicted molar refractivity (Wildman–Crippen MR) is 119 cm³/mol. The van der Waals surface area contributed by atoms with E-state index in [9.17, 15) is 18.0 Å². The second-order valence-corrected chi connectivity index (χ2v) is 8.39. The number of halogens is 3. The van der Waals surface area contributed by atoms with Gasteiger partial charge in [-0.05, 0) is 37.1 Å². The highest BCUT2D eigenvalue weighted by atomic mass is 19.4. The molecule has 1 aromatic heterocycles. The minimum absolute atomic E-state index is 0.163. The number of piperazine rings is 1. The van der Waals surface area contributed by atoms with Gasteiger partial charge in [0.25, 0.3) is 5.91 Å². The van der Waals surface area contributed by atoms with E-state index in [4.69, 9.17) is 9.26 Å². The van der Waals surface area contributed by atoms with Gasteiger partial charge >= 0.3 is 6.18 Å². The maximum Gasteiger partial charge on any atom is 0.416 e. The zero-order chi connectivity index (χ0) is 24.3. The number of aromatic nitrogens is 1. The summed E-state index contributed by atoms with van der Waals surface area (Å²) in [6, 6.07) is 13.0. The van der Waals surface area contributed by atoms with Crippen LogP contribution in [0.15, 0.2) is 53.1 Å². The largest absolute Gasteiger partial charge is 0.488 e. The van der Waals surface area contributed by atoms with E-state index >= 15 is 0 Å². The third-order valence-electron chi connectivity index (χ3n) is 5.97. The first-order valence-electron chi connectivity index (χ1n) is 11.0. The van der Waals surface area contributed by atoms with Crippen LogP contribution >= 0.6 is 0 Å². The summed E-state index contributed by atoms with van der Waals surface area (Å²) in [7, 11) is 0. The Morgan fingerprint density at radius 1 is 1.06 bits per heavy atom. The smallest absolute Gasteiger partial charge is 0.416 e. The molecule has 0 N–H and O–H groups in total. The molecule has 1 aliphatic rings. The molecule has 34 heavy (non-hydrogen) atoms. The Labute approximate surface area is 195 Å². The average Bonchev–Trinajstić information content (AvgIpc) is 3.18. The van der Waals surface area contributed by atoms with Gasteiger partial charge < -0.3 is 14.2 Å². The normalized spacial score (nSPS) is 14.9. The van der Waals surface area contributed by atoms with Crippen molar-refractivity contribution in [1.29, 1.82) is 0 Å². The molecule has 0 bridgehead atoms. The summed E-state index contributed by atoms with van der Waals surface area (Å²) in [4.78, 5) is 16.9. The van der Waals surface area contributed by atoms with Crippen LogP contribution in [0.5, 0.6) is 5.75 Å². The number of rotatable bonds is 6. The van der Waals surface area contributed by atoms with E-state index in [1.165, 1.54) is 12.1 Å². The van der Waals surface area contributed by atoms with Crippen LogP contribution in [0.3, 0.4) is 0 Å². The molecule has 0 saturated carbocycles. The van der Waals surface area contributed by atoms with Crippen molar-refractivity contribution in [3.05, 3.63) is 82.2 Å². The van der Waals surface area contributed by atoms with Crippen LogP contribution in [0, 0.1) is 13.8 Å². The molecular weight excluding hydrogens is 447 g/mol. The van der Waals surface area contributed by atoms with Crippen molar-refractivity contribution in [2.24, 2.45) is 0 Å². The SMILES string of the molecule is Cc1ccccc1OCc1c(C(=O)N2CCN(Cc3cccc(C(F)(F)F)c3)CC2)noc1C. The number of carbonyl (C=O) groups excluding carboxylic acids is 1. The lowest BCUT2D eigenvalue weighted by molar-refractivity contribution is -0.137. The number of para-hydroxylation sites is 1. The van der Waals surface area contributed by atoms with Gasteiger partial charge in [0, 0.05) is 32.7 Å². The van der Waals surface area contributed by atoms with Crippen molar-refractivity contribution >= 4 is 5.91 Å². The lowest BCUT2D eigenvalue weighted by Crippen LogP contribution is -2.48. The summed E-state index contributed by atoms with van der Waals surface area (Å²) in [6.07, 6.45) is -4.36. The van der Waals surface area contributed by atoms with Gasteiger partial charge in [0.1, 0.15) is 18.1 Å². The van der Waals surface area contributed by atoms with Crippen molar-refractivity contribution in [2.45, 2.75) is 33.2 Å². The summed E-state index contributed by atoms with van der Waals surface area (Å²) in [5.74, 6) is 1.02. The molecule has 0 atom stereocenters. The van der Waals surface area contributed by atoms with Crippen LogP contribution in [0.1, 0.15) is 38.5 Å². The number of nitrogens with zero attached hydrogens (tertiary/aromatic N) is 3. The fourth-order valence-electron chi connectivity index (χ4n) is 3.96. The molecule has 180 valence electrons. The van der Waals surface area contributed by atoms with Gasteiger partial charge in [-0.2, -0.15) is 13.2 Å². The van der Waals surface area contributed by atoms with Crippen LogP contribution in [0.25, 0.3) is 0 Å². The summed E-state index contributed by atoms with van der Waals surface area (Å²) in [5.41, 5.74) is 1.77. The zero-order valence-corrected chi connectivity index (χ0v) is 19.1. The number of aryl methyl sites for hydroxylation is 2. The van der Waals surface area contributed by atoms with E-state index in [-0.39, 0.29) is 18.2 Å². The quantitative estimate of drug-likeness (QED) is 0.513. The molecule has 6 nitrogen and oxygen atoms in total. The lowest BCUT2D eigenvalue weighted by Gasteiger charge is -2.34. The Bertz CT molecular complexity index is 1150. The predicted octanol–water partition coefficient (Wildman–Crippen LogP) is 4.85. The third kappa shape index (κ3) is 5.41. The number of carbonyl (C=O) groups is 1. The number of benzene rings is 2. The first kappa shape index (κ1) is 23.8. The lowest BCUT2D eigenvalue weighted by atomic mass is 10.1. The molecular formula is C25H26F3N3O3. The van der Waals surface area contributed by atoms with Crippen molar-refractivity contribution in [2.75, 3.05) is 26.2 Å². The van der Waals surface area contributed by atoms with Gasteiger partial charge in [-0.1, -0.05) is 41.6 Å². The molecule has 2 aromatic carbocycles. The molecule has 0 radical (unpaired) electrons. The number of ether oxygens (including phenoxy) is 1. The second-order valence-electron chi connectivity index (χ2n) is 8.39. The maximum atomic E-state index is 13.1. The molecule has 1 amide bonds. The number of hydrogen-bond donors (Lipinski definition) is 0. The standard InChI is InChI=1S/C25H26F3N3O3/c1-17-6-3-4-9-22(17)33-16-21-18(2)34-29-23(21)24(32)31-12-10-30(11-13-31)15-19-7-5-8-20(14-19)25(26,27)28/h3-9,14H,10-13,15-16H2,1-2H3. The van der Waals surface area contributed by atoms with Crippen molar-refractivity contribution in [3.63, 3.8) is 0 Å². The fraction of sp³-hybridized carbons (Fsp3) is 0.360. The van der Waals surface area contributed by atoms with Gasteiger partial charge in [0.05, 0.1) is 11.1 Å². The first-order valence-corrected chi connectivity index (χ1v) is 11.0. The summed E-state index contributed by atoms with van der Waals surface area (Å²) in [6.45, 7) is 6.24. The summed E-state index contributed by atoms with van der Waals surface area (Å²) < 4.78 is 50.1. The Morgan fingerprint density at radius 3 is 2.50 bits per heavy atom. The maximum absolute atomic E-state index is 13.1. The number of hydrogen-bond acceptors (Lipinski definition) is 5. The monoisotopic (exact) mass is 473 g/mol. The fourth-order valence-corrected chi connectivity index (χ4v) is 3.96. The Hall–Kier alpha value is -3.33. The summed E-state index contributed by atoms with van der Waals surface area (Å²) in [5, 5.41) is 3.98. The van der Waals surface area contributed by atoms with E-state index < -0.39 is 11.7 Å². The molecule has 1 saturated heterocycles. The van der Waals surface area contributed by atoms with Crippen molar-refractivity contribution < 1.29 is 27.2 Å². The highest BCUT2D eigenvalue weighted by molar-refractivity contribution is 5.93. The van der Waals surface area contributed by atoms with E-state index in [0.717, 1.165) is 17.4 Å². The average molecular weight is 473 g/mol. The Kier molecular flexibility index (Phi) is 6.92. The highest BCUT2D eigenvalue weighted by Gasteiger charge is 2.31. The first-order chi connectivity index (χ1) is 16.2.